The Balaban J connectivity index is 1.47. The van der Waals surface area contributed by atoms with Gasteiger partial charge in [0, 0.05) is 0 Å². The minimum absolute atomic E-state index is 0.173. The van der Waals surface area contributed by atoms with Crippen molar-refractivity contribution in [3.63, 3.8) is 0 Å². The largest absolute Gasteiger partial charge is 0.482 e. The van der Waals surface area contributed by atoms with Gasteiger partial charge in [0.25, 0.3) is 0 Å². The number of benzene rings is 3. The van der Waals surface area contributed by atoms with E-state index >= 15 is 0 Å². The minimum Gasteiger partial charge on any atom is -0.482 e. The van der Waals surface area contributed by atoms with Crippen molar-refractivity contribution >= 4 is 5.97 Å². The zero-order chi connectivity index (χ0) is 18.2. The van der Waals surface area contributed by atoms with E-state index in [0.29, 0.717) is 11.3 Å². The summed E-state index contributed by atoms with van der Waals surface area (Å²) in [5.41, 5.74) is 3.71. The van der Waals surface area contributed by atoms with Gasteiger partial charge in [-0.25, -0.2) is 4.79 Å². The van der Waals surface area contributed by atoms with E-state index < -0.39 is 5.97 Å². The molecular formula is C22H17NO3. The Labute approximate surface area is 152 Å². The summed E-state index contributed by atoms with van der Waals surface area (Å²) >= 11 is 0. The van der Waals surface area contributed by atoms with E-state index in [1.165, 1.54) is 0 Å². The second-order valence-corrected chi connectivity index (χ2v) is 5.65. The average molecular weight is 343 g/mol. The molecule has 128 valence electrons. The van der Waals surface area contributed by atoms with Crippen molar-refractivity contribution < 1.29 is 14.3 Å². The van der Waals surface area contributed by atoms with Crippen LogP contribution in [0.1, 0.15) is 11.1 Å². The summed E-state index contributed by atoms with van der Waals surface area (Å²) in [6, 6.07) is 26.6. The number of hydrogen-bond acceptors (Lipinski definition) is 4. The molecule has 3 aromatic rings. The average Bonchev–Trinajstić information content (AvgIpc) is 2.72. The summed E-state index contributed by atoms with van der Waals surface area (Å²) < 4.78 is 10.6. The third kappa shape index (κ3) is 4.71. The van der Waals surface area contributed by atoms with Crippen LogP contribution >= 0.6 is 0 Å². The smallest absolute Gasteiger partial charge is 0.344 e. The Morgan fingerprint density at radius 2 is 1.50 bits per heavy atom. The summed E-state index contributed by atoms with van der Waals surface area (Å²) in [4.78, 5) is 11.8. The second kappa shape index (κ2) is 8.50. The molecule has 0 fully saturated rings. The van der Waals surface area contributed by atoms with Gasteiger partial charge < -0.3 is 9.47 Å². The van der Waals surface area contributed by atoms with Crippen molar-refractivity contribution in [2.45, 2.75) is 6.61 Å². The molecule has 0 bridgehead atoms. The molecule has 0 saturated carbocycles. The monoisotopic (exact) mass is 343 g/mol. The first-order chi connectivity index (χ1) is 12.7. The number of nitrogens with zero attached hydrogens (tertiary/aromatic N) is 1. The Kier molecular flexibility index (Phi) is 5.64. The molecule has 0 aliphatic carbocycles. The SMILES string of the molecule is N#Cc1ccc(OCC(=O)OCc2ccc(-c3ccccc3)cc2)cc1. The van der Waals surface area contributed by atoms with Crippen LogP contribution in [0.2, 0.25) is 0 Å². The molecule has 0 unspecified atom stereocenters. The number of rotatable bonds is 6. The van der Waals surface area contributed by atoms with E-state index in [1.807, 2.05) is 48.5 Å². The van der Waals surface area contributed by atoms with Crippen molar-refractivity contribution in [2.75, 3.05) is 6.61 Å². The van der Waals surface area contributed by atoms with Crippen LogP contribution in [0, 0.1) is 11.3 Å². The normalized spacial score (nSPS) is 9.96. The highest BCUT2D eigenvalue weighted by molar-refractivity contribution is 5.71. The first-order valence-electron chi connectivity index (χ1n) is 8.17. The van der Waals surface area contributed by atoms with Crippen molar-refractivity contribution in [3.8, 4) is 22.9 Å². The molecule has 0 atom stereocenters. The molecule has 26 heavy (non-hydrogen) atoms. The molecule has 0 aliphatic heterocycles. The lowest BCUT2D eigenvalue weighted by Crippen LogP contribution is -2.14. The molecule has 0 radical (unpaired) electrons. The van der Waals surface area contributed by atoms with Crippen LogP contribution in [0.15, 0.2) is 78.9 Å². The molecule has 4 heteroatoms. The van der Waals surface area contributed by atoms with E-state index in [1.54, 1.807) is 24.3 Å². The summed E-state index contributed by atoms with van der Waals surface area (Å²) in [7, 11) is 0. The number of esters is 1. The van der Waals surface area contributed by atoms with Gasteiger partial charge in [-0.2, -0.15) is 5.26 Å². The number of carbonyl (C=O) groups excluding carboxylic acids is 1. The Bertz CT molecular complexity index is 895. The topological polar surface area (TPSA) is 59.3 Å². The van der Waals surface area contributed by atoms with Crippen LogP contribution in [0.4, 0.5) is 0 Å². The van der Waals surface area contributed by atoms with Crippen LogP contribution in [-0.2, 0) is 16.1 Å². The third-order valence-electron chi connectivity index (χ3n) is 3.80. The van der Waals surface area contributed by atoms with Crippen LogP contribution in [0.5, 0.6) is 5.75 Å². The molecule has 0 N–H and O–H groups in total. The maximum absolute atomic E-state index is 11.8. The lowest BCUT2D eigenvalue weighted by atomic mass is 10.0. The molecule has 0 saturated heterocycles. The van der Waals surface area contributed by atoms with Gasteiger partial charge in [-0.15, -0.1) is 0 Å². The fourth-order valence-corrected chi connectivity index (χ4v) is 2.40. The maximum Gasteiger partial charge on any atom is 0.344 e. The van der Waals surface area contributed by atoms with E-state index in [9.17, 15) is 4.79 Å². The van der Waals surface area contributed by atoms with Gasteiger partial charge in [0.05, 0.1) is 11.6 Å². The van der Waals surface area contributed by atoms with Gasteiger partial charge in [-0.3, -0.25) is 0 Å². The lowest BCUT2D eigenvalue weighted by molar-refractivity contribution is -0.147. The molecule has 0 amide bonds. The Hall–Kier alpha value is -3.58. The molecule has 0 aliphatic rings. The quantitative estimate of drug-likeness (QED) is 0.625. The fraction of sp³-hybridized carbons (Fsp3) is 0.0909. The molecule has 0 spiro atoms. The predicted octanol–water partition coefficient (Wildman–Crippen LogP) is 4.35. The van der Waals surface area contributed by atoms with E-state index in [2.05, 4.69) is 12.1 Å². The first kappa shape index (κ1) is 17.2. The Morgan fingerprint density at radius 3 is 2.15 bits per heavy atom. The number of ether oxygens (including phenoxy) is 2. The molecule has 3 aromatic carbocycles. The third-order valence-corrected chi connectivity index (χ3v) is 3.80. The molecule has 0 aromatic heterocycles. The van der Waals surface area contributed by atoms with Crippen LogP contribution < -0.4 is 4.74 Å². The molecule has 3 rings (SSSR count). The molecular weight excluding hydrogens is 326 g/mol. The summed E-state index contributed by atoms with van der Waals surface area (Å²) in [6.07, 6.45) is 0. The summed E-state index contributed by atoms with van der Waals surface area (Å²) in [5, 5.41) is 8.74. The number of nitriles is 1. The summed E-state index contributed by atoms with van der Waals surface area (Å²) in [5.74, 6) is 0.0784. The highest BCUT2D eigenvalue weighted by Crippen LogP contribution is 2.19. The van der Waals surface area contributed by atoms with E-state index in [4.69, 9.17) is 14.7 Å². The van der Waals surface area contributed by atoms with Gasteiger partial charge in [-0.1, -0.05) is 54.6 Å². The second-order valence-electron chi connectivity index (χ2n) is 5.65. The summed E-state index contributed by atoms with van der Waals surface area (Å²) in [6.45, 7) is 0.0264. The van der Waals surface area contributed by atoms with E-state index in [0.717, 1.165) is 16.7 Å². The van der Waals surface area contributed by atoms with Gasteiger partial charge in [0.15, 0.2) is 6.61 Å². The highest BCUT2D eigenvalue weighted by Gasteiger charge is 2.06. The van der Waals surface area contributed by atoms with Crippen molar-refractivity contribution in [1.29, 1.82) is 5.26 Å². The maximum atomic E-state index is 11.8. The highest BCUT2D eigenvalue weighted by atomic mass is 16.6. The minimum atomic E-state index is -0.443. The molecule has 4 nitrogen and oxygen atoms in total. The van der Waals surface area contributed by atoms with Gasteiger partial charge in [-0.05, 0) is 41.0 Å². The predicted molar refractivity (Wildman–Crippen MR) is 98.3 cm³/mol. The fourth-order valence-electron chi connectivity index (χ4n) is 2.40. The van der Waals surface area contributed by atoms with Crippen LogP contribution in [0.3, 0.4) is 0 Å². The van der Waals surface area contributed by atoms with Crippen LogP contribution in [0.25, 0.3) is 11.1 Å². The van der Waals surface area contributed by atoms with Crippen molar-refractivity contribution in [3.05, 3.63) is 90.0 Å². The first-order valence-corrected chi connectivity index (χ1v) is 8.17. The van der Waals surface area contributed by atoms with Gasteiger partial charge in [0.2, 0.25) is 0 Å². The van der Waals surface area contributed by atoms with Crippen molar-refractivity contribution in [1.82, 2.24) is 0 Å². The van der Waals surface area contributed by atoms with E-state index in [-0.39, 0.29) is 13.2 Å². The zero-order valence-electron chi connectivity index (χ0n) is 14.1. The van der Waals surface area contributed by atoms with Gasteiger partial charge >= 0.3 is 5.97 Å². The van der Waals surface area contributed by atoms with Crippen LogP contribution in [-0.4, -0.2) is 12.6 Å². The standard InChI is InChI=1S/C22H17NO3/c23-14-17-8-12-21(13-9-17)25-16-22(24)26-15-18-6-10-20(11-7-18)19-4-2-1-3-5-19/h1-13H,15-16H2. The van der Waals surface area contributed by atoms with Crippen molar-refractivity contribution in [2.24, 2.45) is 0 Å². The number of carbonyl (C=O) groups is 1. The zero-order valence-corrected chi connectivity index (χ0v) is 14.1. The lowest BCUT2D eigenvalue weighted by Gasteiger charge is -2.08. The Morgan fingerprint density at radius 1 is 0.846 bits per heavy atom. The van der Waals surface area contributed by atoms with Gasteiger partial charge in [0.1, 0.15) is 12.4 Å². The molecule has 0 heterocycles. The number of hydrogen-bond donors (Lipinski definition) is 0.